The summed E-state index contributed by atoms with van der Waals surface area (Å²) in [5.74, 6) is 1.94. The molecule has 1 heterocycles. The van der Waals surface area contributed by atoms with Gasteiger partial charge in [0.05, 0.1) is 30.9 Å². The van der Waals surface area contributed by atoms with E-state index in [1.807, 2.05) is 19.1 Å². The predicted octanol–water partition coefficient (Wildman–Crippen LogP) is 4.48. The zero-order chi connectivity index (χ0) is 15.6. The maximum absolute atomic E-state index is 5.74. The minimum atomic E-state index is 0.718. The average molecular weight is 303 g/mol. The molecule has 0 amide bonds. The quantitative estimate of drug-likeness (QED) is 0.498. The molecule has 0 unspecified atom stereocenters. The molecule has 1 aromatic rings. The fourth-order valence-corrected chi connectivity index (χ4v) is 2.15. The summed E-state index contributed by atoms with van der Waals surface area (Å²) in [7, 11) is 0. The van der Waals surface area contributed by atoms with E-state index in [1.54, 1.807) is 6.26 Å². The molecular weight excluding hydrogens is 278 g/mol. The van der Waals surface area contributed by atoms with Crippen molar-refractivity contribution in [2.45, 2.75) is 46.0 Å². The number of ether oxygens (including phenoxy) is 2. The molecule has 0 radical (unpaired) electrons. The molecule has 1 aliphatic rings. The fourth-order valence-electron chi connectivity index (χ4n) is 2.15. The lowest BCUT2D eigenvalue weighted by atomic mass is 10.1. The van der Waals surface area contributed by atoms with Crippen molar-refractivity contribution < 1.29 is 14.0 Å². The Bertz CT molecular complexity index is 540. The Balaban J connectivity index is 1.46. The Morgan fingerprint density at radius 1 is 1.18 bits per heavy atom. The van der Waals surface area contributed by atoms with Crippen molar-refractivity contribution in [2.24, 2.45) is 0 Å². The third kappa shape index (κ3) is 6.20. The SMILES string of the molecule is CC1=CC=C(OCCCCO/C=C/Cc2cc(C)on2)CC1. The van der Waals surface area contributed by atoms with Gasteiger partial charge in [0.15, 0.2) is 0 Å². The normalized spacial score (nSPS) is 14.8. The number of hydrogen-bond donors (Lipinski definition) is 0. The molecule has 120 valence electrons. The van der Waals surface area contributed by atoms with Gasteiger partial charge in [0.1, 0.15) is 5.76 Å². The molecule has 0 aromatic carbocycles. The van der Waals surface area contributed by atoms with Crippen LogP contribution >= 0.6 is 0 Å². The highest BCUT2D eigenvalue weighted by Crippen LogP contribution is 2.18. The van der Waals surface area contributed by atoms with Crippen molar-refractivity contribution in [3.8, 4) is 0 Å². The van der Waals surface area contributed by atoms with Crippen LogP contribution in [0.5, 0.6) is 0 Å². The van der Waals surface area contributed by atoms with Crippen LogP contribution in [0.2, 0.25) is 0 Å². The lowest BCUT2D eigenvalue weighted by molar-refractivity contribution is 0.178. The van der Waals surface area contributed by atoms with Gasteiger partial charge in [0.25, 0.3) is 0 Å². The lowest BCUT2D eigenvalue weighted by Gasteiger charge is -2.13. The second kappa shape index (κ2) is 9.13. The Morgan fingerprint density at radius 3 is 2.77 bits per heavy atom. The van der Waals surface area contributed by atoms with Crippen molar-refractivity contribution in [1.29, 1.82) is 0 Å². The molecule has 0 spiro atoms. The summed E-state index contributed by atoms with van der Waals surface area (Å²) in [6.45, 7) is 5.53. The van der Waals surface area contributed by atoms with E-state index in [2.05, 4.69) is 24.2 Å². The van der Waals surface area contributed by atoms with E-state index in [4.69, 9.17) is 14.0 Å². The molecule has 0 fully saturated rings. The Kier molecular flexibility index (Phi) is 6.81. The van der Waals surface area contributed by atoms with Crippen LogP contribution in [0.25, 0.3) is 0 Å². The number of nitrogens with zero attached hydrogens (tertiary/aromatic N) is 1. The zero-order valence-electron chi connectivity index (χ0n) is 13.5. The minimum Gasteiger partial charge on any atom is -0.502 e. The molecule has 4 nitrogen and oxygen atoms in total. The third-order valence-electron chi connectivity index (χ3n) is 3.46. The minimum absolute atomic E-state index is 0.718. The summed E-state index contributed by atoms with van der Waals surface area (Å²) in [5.41, 5.74) is 2.35. The summed E-state index contributed by atoms with van der Waals surface area (Å²) in [6, 6.07) is 1.93. The highest BCUT2D eigenvalue weighted by atomic mass is 16.5. The molecule has 0 N–H and O–H groups in total. The van der Waals surface area contributed by atoms with E-state index in [9.17, 15) is 0 Å². The first kappa shape index (κ1) is 16.4. The zero-order valence-corrected chi connectivity index (χ0v) is 13.5. The fraction of sp³-hybridized carbons (Fsp3) is 0.500. The summed E-state index contributed by atoms with van der Waals surface area (Å²) in [6.07, 6.45) is 12.8. The summed E-state index contributed by atoms with van der Waals surface area (Å²) < 4.78 is 16.2. The highest BCUT2D eigenvalue weighted by molar-refractivity contribution is 5.19. The molecule has 2 rings (SSSR count). The van der Waals surface area contributed by atoms with Crippen LogP contribution in [0.15, 0.2) is 46.4 Å². The lowest BCUT2D eigenvalue weighted by Crippen LogP contribution is -2.00. The van der Waals surface area contributed by atoms with Crippen molar-refractivity contribution >= 4 is 0 Å². The second-order valence-electron chi connectivity index (χ2n) is 5.58. The summed E-state index contributed by atoms with van der Waals surface area (Å²) in [5, 5.41) is 3.92. The second-order valence-corrected chi connectivity index (χ2v) is 5.58. The van der Waals surface area contributed by atoms with Crippen LogP contribution < -0.4 is 0 Å². The highest BCUT2D eigenvalue weighted by Gasteiger charge is 2.03. The van der Waals surface area contributed by atoms with Crippen LogP contribution in [-0.4, -0.2) is 18.4 Å². The van der Waals surface area contributed by atoms with E-state index >= 15 is 0 Å². The summed E-state index contributed by atoms with van der Waals surface area (Å²) >= 11 is 0. The van der Waals surface area contributed by atoms with Crippen LogP contribution in [0.1, 0.15) is 44.1 Å². The van der Waals surface area contributed by atoms with Gasteiger partial charge < -0.3 is 14.0 Å². The number of aromatic nitrogens is 1. The molecule has 0 aliphatic heterocycles. The van der Waals surface area contributed by atoms with Crippen LogP contribution in [0, 0.1) is 6.92 Å². The van der Waals surface area contributed by atoms with Crippen molar-refractivity contribution in [2.75, 3.05) is 13.2 Å². The first-order valence-electron chi connectivity index (χ1n) is 7.92. The number of hydrogen-bond acceptors (Lipinski definition) is 4. The molecule has 1 aromatic heterocycles. The predicted molar refractivity (Wildman–Crippen MR) is 86.3 cm³/mol. The number of aryl methyl sites for hydroxylation is 1. The monoisotopic (exact) mass is 303 g/mol. The van der Waals surface area contributed by atoms with Crippen LogP contribution in [-0.2, 0) is 15.9 Å². The standard InChI is InChI=1S/C18H25NO3/c1-15-7-9-18(10-8-15)21-13-4-3-11-20-12-5-6-17-14-16(2)22-19-17/h5,7,9,12,14H,3-4,6,8,10-11,13H2,1-2H3/b12-5+. The first-order valence-corrected chi connectivity index (χ1v) is 7.92. The molecule has 0 saturated heterocycles. The average Bonchev–Trinajstić information content (AvgIpc) is 2.93. The maximum atomic E-state index is 5.74. The van der Waals surface area contributed by atoms with Gasteiger partial charge in [-0.15, -0.1) is 0 Å². The van der Waals surface area contributed by atoms with E-state index < -0.39 is 0 Å². The van der Waals surface area contributed by atoms with Crippen molar-refractivity contribution in [3.05, 3.63) is 53.3 Å². The number of allylic oxidation sites excluding steroid dienone is 5. The molecular formula is C18H25NO3. The topological polar surface area (TPSA) is 44.5 Å². The Labute approximate surface area is 132 Å². The van der Waals surface area contributed by atoms with Gasteiger partial charge in [-0.3, -0.25) is 0 Å². The molecule has 0 bridgehead atoms. The van der Waals surface area contributed by atoms with Gasteiger partial charge in [-0.25, -0.2) is 0 Å². The number of rotatable bonds is 9. The van der Waals surface area contributed by atoms with Crippen molar-refractivity contribution in [1.82, 2.24) is 5.16 Å². The van der Waals surface area contributed by atoms with E-state index in [0.29, 0.717) is 0 Å². The largest absolute Gasteiger partial charge is 0.502 e. The van der Waals surface area contributed by atoms with Gasteiger partial charge in [0.2, 0.25) is 0 Å². The third-order valence-corrected chi connectivity index (χ3v) is 3.46. The van der Waals surface area contributed by atoms with Crippen LogP contribution in [0.4, 0.5) is 0 Å². The van der Waals surface area contributed by atoms with Crippen LogP contribution in [0.3, 0.4) is 0 Å². The summed E-state index contributed by atoms with van der Waals surface area (Å²) in [4.78, 5) is 0. The molecule has 0 atom stereocenters. The molecule has 22 heavy (non-hydrogen) atoms. The van der Waals surface area contributed by atoms with E-state index in [1.165, 1.54) is 5.57 Å². The Morgan fingerprint density at radius 2 is 2.05 bits per heavy atom. The van der Waals surface area contributed by atoms with Gasteiger partial charge >= 0.3 is 0 Å². The molecule has 0 saturated carbocycles. The van der Waals surface area contributed by atoms with Gasteiger partial charge in [0, 0.05) is 18.9 Å². The molecule has 1 aliphatic carbocycles. The Hall–Kier alpha value is -1.97. The maximum Gasteiger partial charge on any atom is 0.133 e. The smallest absolute Gasteiger partial charge is 0.133 e. The first-order chi connectivity index (χ1) is 10.7. The van der Waals surface area contributed by atoms with Crippen molar-refractivity contribution in [3.63, 3.8) is 0 Å². The van der Waals surface area contributed by atoms with Gasteiger partial charge in [-0.05, 0) is 45.3 Å². The van der Waals surface area contributed by atoms with E-state index in [-0.39, 0.29) is 0 Å². The van der Waals surface area contributed by atoms with Gasteiger partial charge in [-0.1, -0.05) is 16.8 Å². The van der Waals surface area contributed by atoms with Gasteiger partial charge in [-0.2, -0.15) is 0 Å². The number of unbranched alkanes of at least 4 members (excludes halogenated alkanes) is 1. The van der Waals surface area contributed by atoms with E-state index in [0.717, 1.165) is 62.5 Å². The molecule has 4 heteroatoms.